The molecule has 0 aliphatic heterocycles. The maximum absolute atomic E-state index is 13.2. The highest BCUT2D eigenvalue weighted by molar-refractivity contribution is 5.95. The monoisotopic (exact) mass is 480 g/mol. The molecule has 7 heteroatoms. The number of carbonyl (C=O) groups is 1. The van der Waals surface area contributed by atoms with Gasteiger partial charge in [0, 0.05) is 11.3 Å². The summed E-state index contributed by atoms with van der Waals surface area (Å²) in [7, 11) is 0. The summed E-state index contributed by atoms with van der Waals surface area (Å²) in [6.45, 7) is 8.96. The number of allylic oxidation sites excluding steroid dienone is 1. The predicted octanol–water partition coefficient (Wildman–Crippen LogP) is 1.85. The molecule has 0 spiro atoms. The van der Waals surface area contributed by atoms with Crippen LogP contribution in [0.25, 0.3) is 0 Å². The third kappa shape index (κ3) is 3.73. The summed E-state index contributed by atoms with van der Waals surface area (Å²) in [5, 5.41) is 65.5. The van der Waals surface area contributed by atoms with Gasteiger partial charge in [-0.3, -0.25) is 4.79 Å². The molecule has 3 saturated carbocycles. The smallest absolute Gasteiger partial charge is 0.159 e. The molecule has 0 unspecified atom stereocenters. The zero-order chi connectivity index (χ0) is 25.5. The summed E-state index contributed by atoms with van der Waals surface area (Å²) < 4.78 is 0. The van der Waals surface area contributed by atoms with Crippen molar-refractivity contribution in [3.8, 4) is 0 Å². The molecule has 3 fully saturated rings. The minimum absolute atomic E-state index is 0.0840. The van der Waals surface area contributed by atoms with Crippen LogP contribution in [0.4, 0.5) is 0 Å². The van der Waals surface area contributed by atoms with Crippen molar-refractivity contribution in [1.82, 2.24) is 0 Å². The van der Waals surface area contributed by atoms with Gasteiger partial charge in [-0.05, 0) is 101 Å². The van der Waals surface area contributed by atoms with E-state index in [4.69, 9.17) is 0 Å². The van der Waals surface area contributed by atoms with Crippen molar-refractivity contribution >= 4 is 5.78 Å². The van der Waals surface area contributed by atoms with Crippen LogP contribution in [0.2, 0.25) is 0 Å². The highest BCUT2D eigenvalue weighted by Gasteiger charge is 2.69. The first-order valence-electron chi connectivity index (χ1n) is 12.9. The van der Waals surface area contributed by atoms with Gasteiger partial charge in [-0.25, -0.2) is 0 Å². The molecule has 4 rings (SSSR count). The average molecular weight is 481 g/mol. The van der Waals surface area contributed by atoms with Crippen LogP contribution in [0.5, 0.6) is 0 Å². The Balaban J connectivity index is 1.66. The molecular weight excluding hydrogens is 436 g/mol. The van der Waals surface area contributed by atoms with Gasteiger partial charge in [-0.15, -0.1) is 0 Å². The van der Waals surface area contributed by atoms with Gasteiger partial charge in [0.05, 0.1) is 35.1 Å². The lowest BCUT2D eigenvalue weighted by molar-refractivity contribution is -0.177. The van der Waals surface area contributed by atoms with Crippen LogP contribution in [0.1, 0.15) is 86.0 Å². The molecule has 0 bridgehead atoms. The number of fused-ring (bicyclic) bond motifs is 5. The number of hydrogen-bond donors (Lipinski definition) is 6. The van der Waals surface area contributed by atoms with Crippen LogP contribution in [-0.2, 0) is 4.79 Å². The largest absolute Gasteiger partial charge is 0.390 e. The normalized spacial score (nSPS) is 47.2. The second kappa shape index (κ2) is 8.09. The summed E-state index contributed by atoms with van der Waals surface area (Å²) in [4.78, 5) is 13.2. The van der Waals surface area contributed by atoms with Crippen molar-refractivity contribution < 1.29 is 35.4 Å². The molecule has 0 heterocycles. The fourth-order valence-corrected chi connectivity index (χ4v) is 8.32. The Morgan fingerprint density at radius 2 is 1.71 bits per heavy atom. The maximum atomic E-state index is 13.2. The van der Waals surface area contributed by atoms with E-state index < -0.39 is 45.9 Å². The maximum Gasteiger partial charge on any atom is 0.159 e. The highest BCUT2D eigenvalue weighted by atomic mass is 16.3. The summed E-state index contributed by atoms with van der Waals surface area (Å²) >= 11 is 0. The molecule has 0 aromatic heterocycles. The number of ketones is 1. The minimum Gasteiger partial charge on any atom is -0.390 e. The van der Waals surface area contributed by atoms with E-state index in [1.54, 1.807) is 26.8 Å². The van der Waals surface area contributed by atoms with E-state index in [1.807, 2.05) is 13.8 Å². The quantitative estimate of drug-likeness (QED) is 0.353. The number of aliphatic hydroxyl groups is 6. The van der Waals surface area contributed by atoms with Crippen molar-refractivity contribution in [3.63, 3.8) is 0 Å². The van der Waals surface area contributed by atoms with Crippen LogP contribution in [0, 0.1) is 28.6 Å². The summed E-state index contributed by atoms with van der Waals surface area (Å²) in [5.74, 6) is -0.948. The zero-order valence-corrected chi connectivity index (χ0v) is 21.3. The third-order valence-electron chi connectivity index (χ3n) is 10.5. The van der Waals surface area contributed by atoms with Crippen molar-refractivity contribution in [3.05, 3.63) is 11.6 Å². The Morgan fingerprint density at radius 1 is 1.06 bits per heavy atom. The van der Waals surface area contributed by atoms with E-state index in [0.29, 0.717) is 44.1 Å². The lowest BCUT2D eigenvalue weighted by Crippen LogP contribution is -2.62. The molecule has 0 radical (unpaired) electrons. The van der Waals surface area contributed by atoms with Crippen LogP contribution in [0.15, 0.2) is 11.6 Å². The van der Waals surface area contributed by atoms with E-state index in [0.717, 1.165) is 0 Å². The van der Waals surface area contributed by atoms with Gasteiger partial charge in [-0.2, -0.15) is 0 Å². The first-order chi connectivity index (χ1) is 15.5. The molecule has 0 aromatic carbocycles. The van der Waals surface area contributed by atoms with Crippen molar-refractivity contribution in [2.75, 3.05) is 0 Å². The minimum atomic E-state index is -1.46. The Morgan fingerprint density at radius 3 is 2.32 bits per heavy atom. The second-order valence-electron chi connectivity index (χ2n) is 13.2. The lowest BCUT2D eigenvalue weighted by Gasteiger charge is -2.60. The molecule has 0 amide bonds. The Bertz CT molecular complexity index is 860. The molecule has 10 atom stereocenters. The van der Waals surface area contributed by atoms with Gasteiger partial charge in [0.2, 0.25) is 0 Å². The number of rotatable bonds is 5. The number of hydrogen-bond acceptors (Lipinski definition) is 7. The Labute approximate surface area is 202 Å². The molecule has 7 nitrogen and oxygen atoms in total. The first kappa shape index (κ1) is 26.2. The van der Waals surface area contributed by atoms with E-state index in [9.17, 15) is 35.4 Å². The molecule has 0 aromatic rings. The van der Waals surface area contributed by atoms with Crippen molar-refractivity contribution in [2.45, 2.75) is 121 Å². The van der Waals surface area contributed by atoms with Crippen molar-refractivity contribution in [1.29, 1.82) is 0 Å². The molecule has 34 heavy (non-hydrogen) atoms. The fourth-order valence-electron chi connectivity index (χ4n) is 8.32. The van der Waals surface area contributed by atoms with Crippen LogP contribution < -0.4 is 0 Å². The Kier molecular flexibility index (Phi) is 6.24. The zero-order valence-electron chi connectivity index (χ0n) is 21.3. The molecule has 4 aliphatic rings. The lowest BCUT2D eigenvalue weighted by atomic mass is 9.45. The van der Waals surface area contributed by atoms with Gasteiger partial charge in [0.25, 0.3) is 0 Å². The van der Waals surface area contributed by atoms with E-state index in [-0.39, 0.29) is 36.4 Å². The second-order valence-corrected chi connectivity index (χ2v) is 13.2. The molecule has 194 valence electrons. The van der Waals surface area contributed by atoms with E-state index in [1.165, 1.54) is 0 Å². The molecule has 6 N–H and O–H groups in total. The topological polar surface area (TPSA) is 138 Å². The van der Waals surface area contributed by atoms with Crippen LogP contribution in [-0.4, -0.2) is 71.5 Å². The van der Waals surface area contributed by atoms with Gasteiger partial charge in [0.15, 0.2) is 5.78 Å². The van der Waals surface area contributed by atoms with E-state index >= 15 is 0 Å². The molecular formula is C27H44O7. The number of aliphatic hydroxyl groups excluding tert-OH is 3. The average Bonchev–Trinajstić information content (AvgIpc) is 3.00. The molecule has 0 saturated heterocycles. The van der Waals surface area contributed by atoms with Crippen molar-refractivity contribution in [2.24, 2.45) is 28.6 Å². The van der Waals surface area contributed by atoms with E-state index in [2.05, 4.69) is 0 Å². The highest BCUT2D eigenvalue weighted by Crippen LogP contribution is 2.68. The van der Waals surface area contributed by atoms with Gasteiger partial charge < -0.3 is 30.6 Å². The Hall–Kier alpha value is -0.830. The SMILES string of the molecule is CC(C)(O)CC[C@@H](O)[C@](C)(O)[C@@H]1CC[C@@]2(O)C3=CC(=O)[C@@H]4C[C@H](O)[C@H](O)C[C@]4(C)[C@@H]3CC[C@@]12C. The summed E-state index contributed by atoms with van der Waals surface area (Å²) in [6, 6.07) is 0. The van der Waals surface area contributed by atoms with Crippen LogP contribution >= 0.6 is 0 Å². The fraction of sp³-hybridized carbons (Fsp3) is 0.889. The summed E-state index contributed by atoms with van der Waals surface area (Å²) in [5.41, 5.74) is -4.27. The van der Waals surface area contributed by atoms with Gasteiger partial charge in [-0.1, -0.05) is 13.8 Å². The molecule has 4 aliphatic carbocycles. The van der Waals surface area contributed by atoms with Crippen LogP contribution in [0.3, 0.4) is 0 Å². The summed E-state index contributed by atoms with van der Waals surface area (Å²) in [6.07, 6.45) is 2.11. The van der Waals surface area contributed by atoms with Gasteiger partial charge in [0.1, 0.15) is 0 Å². The first-order valence-corrected chi connectivity index (χ1v) is 12.9. The predicted molar refractivity (Wildman–Crippen MR) is 127 cm³/mol. The number of carbonyl (C=O) groups excluding carboxylic acids is 1. The standard InChI is InChI=1S/C27H44O7/c1-23(2,32)9-8-22(31)26(5,33)21-7-11-27(34)16-12-18(28)17-13-19(29)20(30)14-24(17,3)15(16)6-10-25(21,27)4/h12,15,17,19-22,29-34H,6-11,13-14H2,1-5H3/t15-,17+,19+,20-,21-,22-,24-,25+,26-,27-/m1/s1. The third-order valence-corrected chi connectivity index (χ3v) is 10.5. The van der Waals surface area contributed by atoms with Gasteiger partial charge >= 0.3 is 0 Å².